The molecule has 3 nitrogen and oxygen atoms in total. The molecule has 1 N–H and O–H groups in total. The van der Waals surface area contributed by atoms with Gasteiger partial charge in [0.25, 0.3) is 0 Å². The predicted octanol–water partition coefficient (Wildman–Crippen LogP) is 3.52. The van der Waals surface area contributed by atoms with Crippen LogP contribution in [-0.4, -0.2) is 16.1 Å². The van der Waals surface area contributed by atoms with E-state index in [0.29, 0.717) is 6.42 Å². The van der Waals surface area contributed by atoms with Gasteiger partial charge in [-0.1, -0.05) is 39.0 Å². The Morgan fingerprint density at radius 1 is 1.26 bits per heavy atom. The van der Waals surface area contributed by atoms with Crippen molar-refractivity contribution in [3.8, 4) is 0 Å². The number of nitrogens with zero attached hydrogens (tertiary/aromatic N) is 1. The number of benzene rings is 1. The van der Waals surface area contributed by atoms with Crippen molar-refractivity contribution in [1.82, 2.24) is 4.98 Å². The van der Waals surface area contributed by atoms with Gasteiger partial charge in [-0.2, -0.15) is 0 Å². The standard InChI is InChI=1S/C16H19NO2/c1-16(2,3)13(15(18)19)10-11-8-9-17-14-7-5-4-6-12(11)14/h4-9,13H,10H2,1-3H3,(H,18,19). The highest BCUT2D eigenvalue weighted by Crippen LogP contribution is 2.31. The van der Waals surface area contributed by atoms with E-state index in [1.54, 1.807) is 6.20 Å². The molecule has 100 valence electrons. The van der Waals surface area contributed by atoms with E-state index >= 15 is 0 Å². The Morgan fingerprint density at radius 3 is 2.58 bits per heavy atom. The third kappa shape index (κ3) is 2.92. The van der Waals surface area contributed by atoms with Crippen LogP contribution in [0.15, 0.2) is 36.5 Å². The molecule has 0 radical (unpaired) electrons. The van der Waals surface area contributed by atoms with E-state index in [0.717, 1.165) is 16.5 Å². The summed E-state index contributed by atoms with van der Waals surface area (Å²) in [4.78, 5) is 15.8. The first-order valence-corrected chi connectivity index (χ1v) is 6.45. The molecule has 2 aromatic rings. The Labute approximate surface area is 113 Å². The summed E-state index contributed by atoms with van der Waals surface area (Å²) in [5.74, 6) is -1.15. The molecular formula is C16H19NO2. The zero-order chi connectivity index (χ0) is 14.0. The Hall–Kier alpha value is -1.90. The van der Waals surface area contributed by atoms with Crippen molar-refractivity contribution in [3.63, 3.8) is 0 Å². The van der Waals surface area contributed by atoms with Gasteiger partial charge >= 0.3 is 5.97 Å². The topological polar surface area (TPSA) is 50.2 Å². The molecular weight excluding hydrogens is 238 g/mol. The van der Waals surface area contributed by atoms with Crippen LogP contribution in [0.1, 0.15) is 26.3 Å². The number of fused-ring (bicyclic) bond motifs is 1. The van der Waals surface area contributed by atoms with E-state index in [2.05, 4.69) is 4.98 Å². The largest absolute Gasteiger partial charge is 0.481 e. The highest BCUT2D eigenvalue weighted by molar-refractivity contribution is 5.82. The summed E-state index contributed by atoms with van der Waals surface area (Å²) in [6.45, 7) is 5.90. The van der Waals surface area contributed by atoms with Gasteiger partial charge in [0.2, 0.25) is 0 Å². The number of hydrogen-bond donors (Lipinski definition) is 1. The molecule has 0 aliphatic rings. The van der Waals surface area contributed by atoms with Gasteiger partial charge < -0.3 is 5.11 Å². The molecule has 0 aliphatic carbocycles. The Kier molecular flexibility index (Phi) is 3.56. The molecule has 1 aromatic heterocycles. The zero-order valence-corrected chi connectivity index (χ0v) is 11.6. The van der Waals surface area contributed by atoms with Crippen molar-refractivity contribution in [3.05, 3.63) is 42.1 Å². The maximum atomic E-state index is 11.5. The monoisotopic (exact) mass is 257 g/mol. The van der Waals surface area contributed by atoms with Crippen molar-refractivity contribution in [2.45, 2.75) is 27.2 Å². The van der Waals surface area contributed by atoms with Crippen LogP contribution in [0.4, 0.5) is 0 Å². The second-order valence-corrected chi connectivity index (χ2v) is 5.95. The molecule has 1 heterocycles. The molecule has 0 aliphatic heterocycles. The molecule has 3 heteroatoms. The molecule has 2 rings (SSSR count). The van der Waals surface area contributed by atoms with Crippen LogP contribution in [0.25, 0.3) is 10.9 Å². The number of carbonyl (C=O) groups is 1. The van der Waals surface area contributed by atoms with Gasteiger partial charge in [-0.05, 0) is 29.5 Å². The molecule has 0 amide bonds. The SMILES string of the molecule is CC(C)(C)C(Cc1ccnc2ccccc12)C(=O)O. The lowest BCUT2D eigenvalue weighted by molar-refractivity contribution is -0.145. The van der Waals surface area contributed by atoms with Crippen LogP contribution >= 0.6 is 0 Å². The number of pyridine rings is 1. The number of carboxylic acid groups (broad SMARTS) is 1. The van der Waals surface area contributed by atoms with E-state index < -0.39 is 11.9 Å². The quantitative estimate of drug-likeness (QED) is 0.915. The first-order valence-electron chi connectivity index (χ1n) is 6.45. The summed E-state index contributed by atoms with van der Waals surface area (Å²) in [6, 6.07) is 9.77. The third-order valence-electron chi connectivity index (χ3n) is 3.51. The Morgan fingerprint density at radius 2 is 1.95 bits per heavy atom. The number of para-hydroxylation sites is 1. The molecule has 1 unspecified atom stereocenters. The number of aromatic nitrogens is 1. The summed E-state index contributed by atoms with van der Waals surface area (Å²) in [5, 5.41) is 10.5. The Bertz CT molecular complexity index is 594. The van der Waals surface area contributed by atoms with Gasteiger partial charge in [0.1, 0.15) is 0 Å². The molecule has 0 saturated carbocycles. The number of carboxylic acids is 1. The van der Waals surface area contributed by atoms with E-state index in [-0.39, 0.29) is 5.41 Å². The fourth-order valence-electron chi connectivity index (χ4n) is 2.32. The van der Waals surface area contributed by atoms with Gasteiger partial charge in [0.05, 0.1) is 11.4 Å². The molecule has 0 bridgehead atoms. The molecule has 1 aromatic carbocycles. The molecule has 19 heavy (non-hydrogen) atoms. The maximum absolute atomic E-state index is 11.5. The lowest BCUT2D eigenvalue weighted by atomic mass is 9.77. The van der Waals surface area contributed by atoms with Crippen molar-refractivity contribution in [1.29, 1.82) is 0 Å². The second-order valence-electron chi connectivity index (χ2n) is 5.95. The summed E-state index contributed by atoms with van der Waals surface area (Å²) < 4.78 is 0. The van der Waals surface area contributed by atoms with Crippen LogP contribution in [0.5, 0.6) is 0 Å². The first-order chi connectivity index (χ1) is 8.89. The summed E-state index contributed by atoms with van der Waals surface area (Å²) in [6.07, 6.45) is 2.28. The highest BCUT2D eigenvalue weighted by atomic mass is 16.4. The van der Waals surface area contributed by atoms with Crippen LogP contribution in [0.2, 0.25) is 0 Å². The Balaban J connectivity index is 2.42. The van der Waals surface area contributed by atoms with Crippen LogP contribution in [0.3, 0.4) is 0 Å². The zero-order valence-electron chi connectivity index (χ0n) is 11.6. The van der Waals surface area contributed by atoms with Gasteiger partial charge in [0.15, 0.2) is 0 Å². The molecule has 0 saturated heterocycles. The minimum Gasteiger partial charge on any atom is -0.481 e. The van der Waals surface area contributed by atoms with E-state index in [1.165, 1.54) is 0 Å². The van der Waals surface area contributed by atoms with Gasteiger partial charge in [-0.3, -0.25) is 9.78 Å². The maximum Gasteiger partial charge on any atom is 0.307 e. The predicted molar refractivity (Wildman–Crippen MR) is 76.0 cm³/mol. The molecule has 1 atom stereocenters. The summed E-state index contributed by atoms with van der Waals surface area (Å²) in [5.41, 5.74) is 1.70. The van der Waals surface area contributed by atoms with E-state index in [4.69, 9.17) is 0 Å². The van der Waals surface area contributed by atoms with E-state index in [1.807, 2.05) is 51.1 Å². The number of hydrogen-bond acceptors (Lipinski definition) is 2. The number of aliphatic carboxylic acids is 1. The fourth-order valence-corrected chi connectivity index (χ4v) is 2.32. The normalized spacial score (nSPS) is 13.4. The summed E-state index contributed by atoms with van der Waals surface area (Å²) >= 11 is 0. The van der Waals surface area contributed by atoms with Crippen molar-refractivity contribution < 1.29 is 9.90 Å². The highest BCUT2D eigenvalue weighted by Gasteiger charge is 2.31. The molecule has 0 fully saturated rings. The van der Waals surface area contributed by atoms with Gasteiger partial charge in [0, 0.05) is 11.6 Å². The third-order valence-corrected chi connectivity index (χ3v) is 3.51. The lowest BCUT2D eigenvalue weighted by Crippen LogP contribution is -2.30. The van der Waals surface area contributed by atoms with Crippen LogP contribution in [0, 0.1) is 11.3 Å². The van der Waals surface area contributed by atoms with Crippen molar-refractivity contribution in [2.24, 2.45) is 11.3 Å². The van der Waals surface area contributed by atoms with Crippen LogP contribution in [-0.2, 0) is 11.2 Å². The summed E-state index contributed by atoms with van der Waals surface area (Å²) in [7, 11) is 0. The molecule has 0 spiro atoms. The van der Waals surface area contributed by atoms with Crippen LogP contribution < -0.4 is 0 Å². The first kappa shape index (κ1) is 13.5. The van der Waals surface area contributed by atoms with E-state index in [9.17, 15) is 9.90 Å². The smallest absolute Gasteiger partial charge is 0.307 e. The average Bonchev–Trinajstić information content (AvgIpc) is 2.34. The van der Waals surface area contributed by atoms with Gasteiger partial charge in [-0.15, -0.1) is 0 Å². The van der Waals surface area contributed by atoms with Gasteiger partial charge in [-0.25, -0.2) is 0 Å². The lowest BCUT2D eigenvalue weighted by Gasteiger charge is -2.27. The minimum atomic E-state index is -0.742. The minimum absolute atomic E-state index is 0.268. The number of rotatable bonds is 3. The second kappa shape index (κ2) is 5.00. The van der Waals surface area contributed by atoms with Crippen molar-refractivity contribution in [2.75, 3.05) is 0 Å². The van der Waals surface area contributed by atoms with Crippen molar-refractivity contribution >= 4 is 16.9 Å². The average molecular weight is 257 g/mol. The fraction of sp³-hybridized carbons (Fsp3) is 0.375.